The van der Waals surface area contributed by atoms with Crippen molar-refractivity contribution in [1.29, 1.82) is 0 Å². The Balaban J connectivity index is 2.32. The first-order chi connectivity index (χ1) is 7.51. The van der Waals surface area contributed by atoms with Gasteiger partial charge in [0, 0.05) is 6.61 Å². The molecule has 3 N–H and O–H groups in total. The third kappa shape index (κ3) is 5.09. The lowest BCUT2D eigenvalue weighted by atomic mass is 9.93. The SMILES string of the molecule is CC(C)(C)CCOCc1cccc(NN)n1. The third-order valence-corrected chi connectivity index (χ3v) is 2.20. The summed E-state index contributed by atoms with van der Waals surface area (Å²) in [6.07, 6.45) is 1.04. The van der Waals surface area contributed by atoms with Gasteiger partial charge in [0.2, 0.25) is 0 Å². The molecule has 0 aromatic carbocycles. The van der Waals surface area contributed by atoms with E-state index in [1.165, 1.54) is 0 Å². The summed E-state index contributed by atoms with van der Waals surface area (Å²) >= 11 is 0. The van der Waals surface area contributed by atoms with E-state index in [1.54, 1.807) is 0 Å². The van der Waals surface area contributed by atoms with E-state index in [0.29, 0.717) is 17.8 Å². The van der Waals surface area contributed by atoms with E-state index in [4.69, 9.17) is 10.6 Å². The predicted molar refractivity (Wildman–Crippen MR) is 65.8 cm³/mol. The Morgan fingerprint density at radius 3 is 2.75 bits per heavy atom. The molecule has 1 aromatic heterocycles. The predicted octanol–water partition coefficient (Wildman–Crippen LogP) is 2.32. The molecular weight excluding hydrogens is 202 g/mol. The summed E-state index contributed by atoms with van der Waals surface area (Å²) < 4.78 is 5.56. The fraction of sp³-hybridized carbons (Fsp3) is 0.583. The molecule has 0 atom stereocenters. The molecule has 0 radical (unpaired) electrons. The molecule has 16 heavy (non-hydrogen) atoms. The van der Waals surface area contributed by atoms with Crippen molar-refractivity contribution in [2.24, 2.45) is 11.3 Å². The minimum atomic E-state index is 0.314. The summed E-state index contributed by atoms with van der Waals surface area (Å²) in [4.78, 5) is 4.26. The number of anilines is 1. The van der Waals surface area contributed by atoms with Crippen LogP contribution in [0.5, 0.6) is 0 Å². The first kappa shape index (κ1) is 12.9. The molecule has 0 spiro atoms. The Labute approximate surface area is 97.2 Å². The number of nitrogens with zero attached hydrogens (tertiary/aromatic N) is 1. The van der Waals surface area contributed by atoms with Gasteiger partial charge < -0.3 is 10.2 Å². The molecule has 0 amide bonds. The first-order valence-electron chi connectivity index (χ1n) is 5.51. The van der Waals surface area contributed by atoms with E-state index >= 15 is 0 Å². The quantitative estimate of drug-likeness (QED) is 0.457. The van der Waals surface area contributed by atoms with Gasteiger partial charge in [0.25, 0.3) is 0 Å². The highest BCUT2D eigenvalue weighted by Crippen LogP contribution is 2.18. The van der Waals surface area contributed by atoms with Crippen LogP contribution in [0.3, 0.4) is 0 Å². The van der Waals surface area contributed by atoms with Crippen LogP contribution in [0.15, 0.2) is 18.2 Å². The standard InChI is InChI=1S/C12H21N3O/c1-12(2,3)7-8-16-9-10-5-4-6-11(14-10)15-13/h4-6H,7-9,13H2,1-3H3,(H,14,15). The fourth-order valence-electron chi connectivity index (χ4n) is 1.20. The minimum absolute atomic E-state index is 0.314. The van der Waals surface area contributed by atoms with Gasteiger partial charge in [-0.15, -0.1) is 0 Å². The molecule has 0 unspecified atom stereocenters. The molecule has 4 nitrogen and oxygen atoms in total. The van der Waals surface area contributed by atoms with E-state index < -0.39 is 0 Å². The third-order valence-electron chi connectivity index (χ3n) is 2.20. The number of nitrogen functional groups attached to an aromatic ring is 1. The lowest BCUT2D eigenvalue weighted by molar-refractivity contribution is 0.0941. The Kier molecular flexibility index (Phi) is 4.71. The molecule has 1 rings (SSSR count). The summed E-state index contributed by atoms with van der Waals surface area (Å²) in [5, 5.41) is 0. The molecule has 1 heterocycles. The van der Waals surface area contributed by atoms with E-state index in [-0.39, 0.29) is 0 Å². The number of hydrogen-bond acceptors (Lipinski definition) is 4. The zero-order valence-corrected chi connectivity index (χ0v) is 10.3. The van der Waals surface area contributed by atoms with Gasteiger partial charge >= 0.3 is 0 Å². The molecule has 0 saturated carbocycles. The van der Waals surface area contributed by atoms with Gasteiger partial charge in [0.15, 0.2) is 0 Å². The molecule has 0 aliphatic rings. The molecule has 90 valence electrons. The van der Waals surface area contributed by atoms with E-state index in [0.717, 1.165) is 18.7 Å². The average molecular weight is 223 g/mol. The Morgan fingerprint density at radius 1 is 1.38 bits per heavy atom. The van der Waals surface area contributed by atoms with Crippen molar-refractivity contribution in [2.75, 3.05) is 12.0 Å². The van der Waals surface area contributed by atoms with Crippen LogP contribution in [0.2, 0.25) is 0 Å². The second kappa shape index (κ2) is 5.82. The largest absolute Gasteiger partial charge is 0.375 e. The summed E-state index contributed by atoms with van der Waals surface area (Å²) in [7, 11) is 0. The molecule has 1 aromatic rings. The molecule has 0 aliphatic carbocycles. The van der Waals surface area contributed by atoms with Crippen molar-refractivity contribution in [1.82, 2.24) is 4.98 Å². The van der Waals surface area contributed by atoms with Crippen molar-refractivity contribution in [2.45, 2.75) is 33.8 Å². The molecule has 4 heteroatoms. The minimum Gasteiger partial charge on any atom is -0.375 e. The number of nitrogens with one attached hydrogen (secondary N) is 1. The van der Waals surface area contributed by atoms with Crippen molar-refractivity contribution >= 4 is 5.82 Å². The van der Waals surface area contributed by atoms with Crippen LogP contribution in [0, 0.1) is 5.41 Å². The monoisotopic (exact) mass is 223 g/mol. The highest BCUT2D eigenvalue weighted by Gasteiger charge is 2.09. The lowest BCUT2D eigenvalue weighted by Crippen LogP contribution is -2.11. The molecule has 0 aliphatic heterocycles. The number of nitrogens with two attached hydrogens (primary N) is 1. The van der Waals surface area contributed by atoms with Crippen LogP contribution in [0.1, 0.15) is 32.9 Å². The maximum atomic E-state index is 5.56. The second-order valence-electron chi connectivity index (χ2n) is 5.02. The van der Waals surface area contributed by atoms with Crippen LogP contribution in [0.25, 0.3) is 0 Å². The molecule has 0 fully saturated rings. The van der Waals surface area contributed by atoms with Gasteiger partial charge in [-0.2, -0.15) is 0 Å². The fourth-order valence-corrected chi connectivity index (χ4v) is 1.20. The van der Waals surface area contributed by atoms with Crippen LogP contribution < -0.4 is 11.3 Å². The summed E-state index contributed by atoms with van der Waals surface area (Å²) in [6, 6.07) is 5.65. The summed E-state index contributed by atoms with van der Waals surface area (Å²) in [5.74, 6) is 5.94. The van der Waals surface area contributed by atoms with E-state index in [2.05, 4.69) is 31.2 Å². The number of pyridine rings is 1. The highest BCUT2D eigenvalue weighted by atomic mass is 16.5. The maximum absolute atomic E-state index is 5.56. The Bertz CT molecular complexity index is 320. The van der Waals surface area contributed by atoms with Crippen LogP contribution >= 0.6 is 0 Å². The molecule has 0 bridgehead atoms. The first-order valence-corrected chi connectivity index (χ1v) is 5.51. The van der Waals surface area contributed by atoms with Crippen LogP contribution in [-0.4, -0.2) is 11.6 Å². The van der Waals surface area contributed by atoms with Gasteiger partial charge in [-0.05, 0) is 24.0 Å². The van der Waals surface area contributed by atoms with Crippen LogP contribution in [0.4, 0.5) is 5.82 Å². The zero-order valence-electron chi connectivity index (χ0n) is 10.3. The maximum Gasteiger partial charge on any atom is 0.140 e. The van der Waals surface area contributed by atoms with Crippen molar-refractivity contribution in [3.8, 4) is 0 Å². The average Bonchev–Trinajstić information content (AvgIpc) is 2.23. The van der Waals surface area contributed by atoms with Gasteiger partial charge in [-0.1, -0.05) is 26.8 Å². The van der Waals surface area contributed by atoms with E-state index in [9.17, 15) is 0 Å². The summed E-state index contributed by atoms with van der Waals surface area (Å²) in [6.45, 7) is 7.89. The van der Waals surface area contributed by atoms with Crippen molar-refractivity contribution in [3.63, 3.8) is 0 Å². The Hall–Kier alpha value is -1.13. The smallest absolute Gasteiger partial charge is 0.140 e. The molecular formula is C12H21N3O. The van der Waals surface area contributed by atoms with Gasteiger partial charge in [0.05, 0.1) is 12.3 Å². The second-order valence-corrected chi connectivity index (χ2v) is 5.02. The number of aromatic nitrogens is 1. The normalized spacial score (nSPS) is 11.5. The summed E-state index contributed by atoms with van der Waals surface area (Å²) in [5.41, 5.74) is 3.72. The highest BCUT2D eigenvalue weighted by molar-refractivity contribution is 5.33. The number of ether oxygens (including phenoxy) is 1. The molecule has 0 saturated heterocycles. The van der Waals surface area contributed by atoms with Gasteiger partial charge in [-0.3, -0.25) is 0 Å². The van der Waals surface area contributed by atoms with Gasteiger partial charge in [0.1, 0.15) is 5.82 Å². The van der Waals surface area contributed by atoms with E-state index in [1.807, 2.05) is 18.2 Å². The zero-order chi connectivity index (χ0) is 12.0. The van der Waals surface area contributed by atoms with Crippen molar-refractivity contribution in [3.05, 3.63) is 23.9 Å². The topological polar surface area (TPSA) is 60.2 Å². The Morgan fingerprint density at radius 2 is 2.12 bits per heavy atom. The number of hydrazine groups is 1. The van der Waals surface area contributed by atoms with Crippen molar-refractivity contribution < 1.29 is 4.74 Å². The van der Waals surface area contributed by atoms with Gasteiger partial charge in [-0.25, -0.2) is 10.8 Å². The van der Waals surface area contributed by atoms with Crippen LogP contribution in [-0.2, 0) is 11.3 Å². The number of hydrogen-bond donors (Lipinski definition) is 2. The number of rotatable bonds is 5. The lowest BCUT2D eigenvalue weighted by Gasteiger charge is -2.17.